The molecule has 17 heavy (non-hydrogen) atoms. The Hall–Kier alpha value is -2.24. The van der Waals surface area contributed by atoms with E-state index in [-0.39, 0.29) is 22.6 Å². The number of aryl methyl sites for hydroxylation is 1. The maximum absolute atomic E-state index is 13.1. The van der Waals surface area contributed by atoms with Crippen molar-refractivity contribution in [1.29, 1.82) is 0 Å². The second kappa shape index (κ2) is 3.97. The molecule has 2 aromatic rings. The van der Waals surface area contributed by atoms with E-state index in [0.29, 0.717) is 0 Å². The van der Waals surface area contributed by atoms with E-state index >= 15 is 0 Å². The minimum absolute atomic E-state index is 0.149. The van der Waals surface area contributed by atoms with Crippen molar-refractivity contribution in [2.75, 3.05) is 0 Å². The molecule has 4 nitrogen and oxygen atoms in total. The summed E-state index contributed by atoms with van der Waals surface area (Å²) in [5, 5.41) is 12.2. The SMILES string of the molecule is Cc1onc(C(=O)O)c1-c1ccc(F)c(F)c1. The molecule has 0 aliphatic carbocycles. The molecule has 0 unspecified atom stereocenters. The third-order valence-electron chi connectivity index (χ3n) is 2.27. The molecule has 0 radical (unpaired) electrons. The van der Waals surface area contributed by atoms with Crippen LogP contribution in [-0.2, 0) is 0 Å². The molecule has 0 aliphatic heterocycles. The van der Waals surface area contributed by atoms with E-state index < -0.39 is 17.6 Å². The third kappa shape index (κ3) is 1.89. The molecule has 0 saturated heterocycles. The van der Waals surface area contributed by atoms with Gasteiger partial charge in [0, 0.05) is 0 Å². The molecule has 0 fully saturated rings. The minimum atomic E-state index is -1.29. The van der Waals surface area contributed by atoms with Gasteiger partial charge in [0.15, 0.2) is 17.3 Å². The standard InChI is InChI=1S/C11H7F2NO3/c1-5-9(10(11(15)16)14-17-5)6-2-3-7(12)8(13)4-6/h2-4H,1H3,(H,15,16). The van der Waals surface area contributed by atoms with Gasteiger partial charge in [-0.05, 0) is 24.6 Å². The number of rotatable bonds is 2. The zero-order valence-corrected chi connectivity index (χ0v) is 8.70. The first kappa shape index (κ1) is 11.3. The predicted octanol–water partition coefficient (Wildman–Crippen LogP) is 2.63. The molecule has 1 aromatic carbocycles. The molecule has 0 atom stereocenters. The summed E-state index contributed by atoms with van der Waals surface area (Å²) in [6, 6.07) is 3.09. The van der Waals surface area contributed by atoms with Gasteiger partial charge in [-0.15, -0.1) is 0 Å². The Labute approximate surface area is 94.5 Å². The first-order chi connectivity index (χ1) is 8.00. The molecule has 0 saturated carbocycles. The van der Waals surface area contributed by atoms with Gasteiger partial charge in [-0.3, -0.25) is 0 Å². The second-order valence-electron chi connectivity index (χ2n) is 3.40. The Balaban J connectivity index is 2.63. The summed E-state index contributed by atoms with van der Waals surface area (Å²) in [4.78, 5) is 10.9. The monoisotopic (exact) mass is 239 g/mol. The Morgan fingerprint density at radius 2 is 2.06 bits per heavy atom. The first-order valence-electron chi connectivity index (χ1n) is 4.65. The first-order valence-corrected chi connectivity index (χ1v) is 4.65. The zero-order chi connectivity index (χ0) is 12.6. The van der Waals surface area contributed by atoms with Crippen molar-refractivity contribution in [2.45, 2.75) is 6.92 Å². The van der Waals surface area contributed by atoms with E-state index in [9.17, 15) is 13.6 Å². The summed E-state index contributed by atoms with van der Waals surface area (Å²) in [5.41, 5.74) is 0.0324. The van der Waals surface area contributed by atoms with Crippen LogP contribution in [0.4, 0.5) is 8.78 Å². The number of aromatic nitrogens is 1. The van der Waals surface area contributed by atoms with E-state index in [1.54, 1.807) is 0 Å². The number of halogens is 2. The maximum atomic E-state index is 13.1. The van der Waals surface area contributed by atoms with Crippen molar-refractivity contribution >= 4 is 5.97 Å². The van der Waals surface area contributed by atoms with Gasteiger partial charge >= 0.3 is 5.97 Å². The summed E-state index contributed by atoms with van der Waals surface area (Å²) in [5.74, 6) is -3.12. The summed E-state index contributed by atoms with van der Waals surface area (Å²) in [6.45, 7) is 1.50. The summed E-state index contributed by atoms with van der Waals surface area (Å²) in [6.07, 6.45) is 0. The molecule has 2 rings (SSSR count). The molecule has 0 aliphatic rings. The molecule has 1 N–H and O–H groups in total. The van der Waals surface area contributed by atoms with E-state index in [4.69, 9.17) is 9.63 Å². The van der Waals surface area contributed by atoms with Crippen LogP contribution in [0.5, 0.6) is 0 Å². The van der Waals surface area contributed by atoms with Gasteiger partial charge in [0.2, 0.25) is 0 Å². The summed E-state index contributed by atoms with van der Waals surface area (Å²) < 4.78 is 30.6. The minimum Gasteiger partial charge on any atom is -0.476 e. The van der Waals surface area contributed by atoms with E-state index in [0.717, 1.165) is 12.1 Å². The number of nitrogens with zero attached hydrogens (tertiary/aromatic N) is 1. The van der Waals surface area contributed by atoms with Gasteiger partial charge in [0.05, 0.1) is 5.56 Å². The average Bonchev–Trinajstić information content (AvgIpc) is 2.64. The Kier molecular flexibility index (Phi) is 2.63. The lowest BCUT2D eigenvalue weighted by molar-refractivity contribution is 0.0686. The number of hydrogen-bond acceptors (Lipinski definition) is 3. The normalized spacial score (nSPS) is 10.5. The number of benzene rings is 1. The van der Waals surface area contributed by atoms with Gasteiger partial charge in [-0.2, -0.15) is 0 Å². The highest BCUT2D eigenvalue weighted by molar-refractivity contribution is 5.94. The molecule has 1 aromatic heterocycles. The van der Waals surface area contributed by atoms with Crippen molar-refractivity contribution in [3.63, 3.8) is 0 Å². The van der Waals surface area contributed by atoms with E-state index in [1.807, 2.05) is 0 Å². The molecular formula is C11H7F2NO3. The van der Waals surface area contributed by atoms with Crippen LogP contribution in [-0.4, -0.2) is 16.2 Å². The lowest BCUT2D eigenvalue weighted by Gasteiger charge is -2.01. The Morgan fingerprint density at radius 1 is 1.35 bits per heavy atom. The van der Waals surface area contributed by atoms with Gasteiger partial charge in [-0.25, -0.2) is 13.6 Å². The van der Waals surface area contributed by atoms with Gasteiger partial charge in [0.25, 0.3) is 0 Å². The van der Waals surface area contributed by atoms with Crippen LogP contribution < -0.4 is 0 Å². The van der Waals surface area contributed by atoms with Gasteiger partial charge in [0.1, 0.15) is 5.76 Å². The van der Waals surface area contributed by atoms with E-state index in [1.165, 1.54) is 13.0 Å². The summed E-state index contributed by atoms with van der Waals surface area (Å²) in [7, 11) is 0. The fourth-order valence-corrected chi connectivity index (χ4v) is 1.51. The second-order valence-corrected chi connectivity index (χ2v) is 3.40. The molecule has 0 amide bonds. The zero-order valence-electron chi connectivity index (χ0n) is 8.70. The molecule has 1 heterocycles. The van der Waals surface area contributed by atoms with Crippen molar-refractivity contribution in [1.82, 2.24) is 5.16 Å². The number of carboxylic acids is 1. The van der Waals surface area contributed by atoms with Crippen molar-refractivity contribution < 1.29 is 23.2 Å². The number of carboxylic acid groups (broad SMARTS) is 1. The fourth-order valence-electron chi connectivity index (χ4n) is 1.51. The van der Waals surface area contributed by atoms with Crippen LogP contribution in [0.25, 0.3) is 11.1 Å². The lowest BCUT2D eigenvalue weighted by Crippen LogP contribution is -1.99. The third-order valence-corrected chi connectivity index (χ3v) is 2.27. The Bertz CT molecular complexity index is 592. The van der Waals surface area contributed by atoms with Crippen LogP contribution in [0.2, 0.25) is 0 Å². The quantitative estimate of drug-likeness (QED) is 0.874. The molecule has 88 valence electrons. The predicted molar refractivity (Wildman–Crippen MR) is 53.6 cm³/mol. The van der Waals surface area contributed by atoms with Crippen LogP contribution in [0.15, 0.2) is 22.7 Å². The van der Waals surface area contributed by atoms with Gasteiger partial charge < -0.3 is 9.63 Å². The van der Waals surface area contributed by atoms with Crippen molar-refractivity contribution in [3.05, 3.63) is 41.3 Å². The van der Waals surface area contributed by atoms with Gasteiger partial charge in [-0.1, -0.05) is 11.2 Å². The lowest BCUT2D eigenvalue weighted by atomic mass is 10.0. The molecule has 0 bridgehead atoms. The highest BCUT2D eigenvalue weighted by Gasteiger charge is 2.21. The van der Waals surface area contributed by atoms with Crippen LogP contribution in [0.3, 0.4) is 0 Å². The largest absolute Gasteiger partial charge is 0.476 e. The van der Waals surface area contributed by atoms with Crippen LogP contribution >= 0.6 is 0 Å². The maximum Gasteiger partial charge on any atom is 0.358 e. The molecular weight excluding hydrogens is 232 g/mol. The topological polar surface area (TPSA) is 63.3 Å². The Morgan fingerprint density at radius 3 is 2.65 bits per heavy atom. The van der Waals surface area contributed by atoms with Crippen molar-refractivity contribution in [3.8, 4) is 11.1 Å². The van der Waals surface area contributed by atoms with Crippen molar-refractivity contribution in [2.24, 2.45) is 0 Å². The highest BCUT2D eigenvalue weighted by atomic mass is 19.2. The molecule has 0 spiro atoms. The van der Waals surface area contributed by atoms with E-state index in [2.05, 4.69) is 5.16 Å². The summed E-state index contributed by atoms with van der Waals surface area (Å²) >= 11 is 0. The average molecular weight is 239 g/mol. The number of hydrogen-bond donors (Lipinski definition) is 1. The highest BCUT2D eigenvalue weighted by Crippen LogP contribution is 2.28. The fraction of sp³-hybridized carbons (Fsp3) is 0.0909. The molecule has 6 heteroatoms. The van der Waals surface area contributed by atoms with Crippen LogP contribution in [0, 0.1) is 18.6 Å². The number of aromatic carboxylic acids is 1. The smallest absolute Gasteiger partial charge is 0.358 e. The number of carbonyl (C=O) groups is 1. The van der Waals surface area contributed by atoms with Crippen LogP contribution in [0.1, 0.15) is 16.2 Å².